The summed E-state index contributed by atoms with van der Waals surface area (Å²) in [5.41, 5.74) is 7.99. The molecule has 0 aliphatic carbocycles. The molecule has 0 saturated carbocycles. The maximum atomic E-state index is 13.9. The van der Waals surface area contributed by atoms with Gasteiger partial charge in [0.05, 0.1) is 0 Å². The Morgan fingerprint density at radius 1 is 1.16 bits per heavy atom. The first-order valence-electron chi connectivity index (χ1n) is 6.38. The van der Waals surface area contributed by atoms with Gasteiger partial charge in [-0.25, -0.2) is 4.39 Å². The van der Waals surface area contributed by atoms with Crippen LogP contribution >= 0.6 is 11.6 Å². The molecule has 0 spiro atoms. The Bertz CT molecular complexity index is 568. The second-order valence-electron chi connectivity index (χ2n) is 4.70. The Balaban J connectivity index is 2.46. The van der Waals surface area contributed by atoms with E-state index in [0.29, 0.717) is 23.0 Å². The van der Waals surface area contributed by atoms with Crippen LogP contribution in [-0.2, 0) is 0 Å². The van der Waals surface area contributed by atoms with Gasteiger partial charge in [-0.05, 0) is 42.6 Å². The fourth-order valence-electron chi connectivity index (χ4n) is 2.15. The van der Waals surface area contributed by atoms with Crippen LogP contribution in [0.15, 0.2) is 42.5 Å². The van der Waals surface area contributed by atoms with Gasteiger partial charge >= 0.3 is 0 Å². The second kappa shape index (κ2) is 6.18. The highest BCUT2D eigenvalue weighted by molar-refractivity contribution is 6.33. The lowest BCUT2D eigenvalue weighted by molar-refractivity contribution is 0.631. The SMILES string of the molecule is CC(CCN)c1ccc(Cl)c(-c2ccccc2F)c1. The van der Waals surface area contributed by atoms with Crippen molar-refractivity contribution < 1.29 is 4.39 Å². The van der Waals surface area contributed by atoms with Gasteiger partial charge in [-0.3, -0.25) is 0 Å². The van der Waals surface area contributed by atoms with E-state index in [-0.39, 0.29) is 5.82 Å². The van der Waals surface area contributed by atoms with E-state index in [1.54, 1.807) is 12.1 Å². The lowest BCUT2D eigenvalue weighted by Crippen LogP contribution is -2.04. The Hall–Kier alpha value is -1.38. The van der Waals surface area contributed by atoms with Crippen LogP contribution in [0.25, 0.3) is 11.1 Å². The highest BCUT2D eigenvalue weighted by atomic mass is 35.5. The fourth-order valence-corrected chi connectivity index (χ4v) is 2.37. The molecule has 0 aliphatic rings. The Morgan fingerprint density at radius 2 is 1.89 bits per heavy atom. The molecule has 2 aromatic carbocycles. The van der Waals surface area contributed by atoms with Gasteiger partial charge in [0.25, 0.3) is 0 Å². The topological polar surface area (TPSA) is 26.0 Å². The number of halogens is 2. The van der Waals surface area contributed by atoms with Gasteiger partial charge in [-0.15, -0.1) is 0 Å². The third-order valence-corrected chi connectivity index (χ3v) is 3.65. The zero-order chi connectivity index (χ0) is 13.8. The second-order valence-corrected chi connectivity index (χ2v) is 5.10. The van der Waals surface area contributed by atoms with Crippen LogP contribution in [0.4, 0.5) is 4.39 Å². The molecule has 0 aliphatic heterocycles. The standard InChI is InChI=1S/C16H17ClFN/c1-11(8-9-19)12-6-7-15(17)14(10-12)13-4-2-3-5-16(13)18/h2-7,10-11H,8-9,19H2,1H3. The summed E-state index contributed by atoms with van der Waals surface area (Å²) in [7, 11) is 0. The lowest BCUT2D eigenvalue weighted by atomic mass is 9.94. The van der Waals surface area contributed by atoms with E-state index in [4.69, 9.17) is 17.3 Å². The normalized spacial score (nSPS) is 12.4. The van der Waals surface area contributed by atoms with E-state index in [9.17, 15) is 4.39 Å². The van der Waals surface area contributed by atoms with Gasteiger partial charge < -0.3 is 5.73 Å². The quantitative estimate of drug-likeness (QED) is 0.868. The maximum absolute atomic E-state index is 13.9. The number of hydrogen-bond donors (Lipinski definition) is 1. The molecule has 100 valence electrons. The predicted octanol–water partition coefficient (Wildman–Crippen LogP) is 4.60. The molecule has 1 atom stereocenters. The molecule has 2 aromatic rings. The lowest BCUT2D eigenvalue weighted by Gasteiger charge is -2.14. The fraction of sp³-hybridized carbons (Fsp3) is 0.250. The Kier molecular flexibility index (Phi) is 4.56. The number of hydrogen-bond acceptors (Lipinski definition) is 1. The van der Waals surface area contributed by atoms with Crippen LogP contribution in [0.1, 0.15) is 24.8 Å². The summed E-state index contributed by atoms with van der Waals surface area (Å²) in [5.74, 6) is 0.0841. The molecule has 0 aromatic heterocycles. The average Bonchev–Trinajstić information content (AvgIpc) is 2.40. The number of rotatable bonds is 4. The van der Waals surface area contributed by atoms with Crippen LogP contribution in [0.5, 0.6) is 0 Å². The van der Waals surface area contributed by atoms with Crippen molar-refractivity contribution in [1.29, 1.82) is 0 Å². The van der Waals surface area contributed by atoms with Crippen molar-refractivity contribution in [2.24, 2.45) is 5.73 Å². The van der Waals surface area contributed by atoms with Crippen molar-refractivity contribution in [1.82, 2.24) is 0 Å². The first kappa shape index (κ1) is 14.0. The highest BCUT2D eigenvalue weighted by Gasteiger charge is 2.12. The number of nitrogens with two attached hydrogens (primary N) is 1. The molecule has 0 saturated heterocycles. The van der Waals surface area contributed by atoms with E-state index >= 15 is 0 Å². The number of benzene rings is 2. The Labute approximate surface area is 118 Å². The Morgan fingerprint density at radius 3 is 2.58 bits per heavy atom. The summed E-state index contributed by atoms with van der Waals surface area (Å²) in [6.07, 6.45) is 0.901. The zero-order valence-corrected chi connectivity index (χ0v) is 11.6. The summed E-state index contributed by atoms with van der Waals surface area (Å²) in [6.45, 7) is 2.75. The van der Waals surface area contributed by atoms with Gasteiger partial charge in [-0.1, -0.05) is 42.8 Å². The van der Waals surface area contributed by atoms with Crippen LogP contribution in [0.2, 0.25) is 5.02 Å². The summed E-state index contributed by atoms with van der Waals surface area (Å²) >= 11 is 6.19. The van der Waals surface area contributed by atoms with E-state index in [1.165, 1.54) is 6.07 Å². The third-order valence-electron chi connectivity index (χ3n) is 3.32. The average molecular weight is 278 g/mol. The first-order valence-corrected chi connectivity index (χ1v) is 6.75. The molecule has 19 heavy (non-hydrogen) atoms. The largest absolute Gasteiger partial charge is 0.330 e. The van der Waals surface area contributed by atoms with Crippen LogP contribution in [-0.4, -0.2) is 6.54 Å². The van der Waals surface area contributed by atoms with Gasteiger partial charge in [0.15, 0.2) is 0 Å². The van der Waals surface area contributed by atoms with Crippen LogP contribution in [0.3, 0.4) is 0 Å². The molecular weight excluding hydrogens is 261 g/mol. The molecule has 3 heteroatoms. The van der Waals surface area contributed by atoms with Gasteiger partial charge in [0.1, 0.15) is 5.82 Å². The maximum Gasteiger partial charge on any atom is 0.131 e. The molecule has 1 unspecified atom stereocenters. The van der Waals surface area contributed by atoms with E-state index in [2.05, 4.69) is 6.92 Å². The van der Waals surface area contributed by atoms with Crippen LogP contribution in [0, 0.1) is 5.82 Å². The van der Waals surface area contributed by atoms with E-state index in [1.807, 2.05) is 24.3 Å². The summed E-state index contributed by atoms with van der Waals surface area (Å²) in [5, 5.41) is 0.564. The summed E-state index contributed by atoms with van der Waals surface area (Å²) in [6, 6.07) is 12.4. The van der Waals surface area contributed by atoms with Crippen molar-refractivity contribution in [2.75, 3.05) is 6.54 Å². The van der Waals surface area contributed by atoms with E-state index < -0.39 is 0 Å². The van der Waals surface area contributed by atoms with Crippen molar-refractivity contribution in [3.05, 3.63) is 58.9 Å². The molecule has 0 bridgehead atoms. The minimum atomic E-state index is -0.256. The molecule has 0 heterocycles. The highest BCUT2D eigenvalue weighted by Crippen LogP contribution is 2.33. The minimum absolute atomic E-state index is 0.256. The first-order chi connectivity index (χ1) is 9.13. The predicted molar refractivity (Wildman–Crippen MR) is 78.9 cm³/mol. The molecule has 0 fully saturated rings. The van der Waals surface area contributed by atoms with Crippen molar-refractivity contribution in [3.63, 3.8) is 0 Å². The van der Waals surface area contributed by atoms with Crippen molar-refractivity contribution in [3.8, 4) is 11.1 Å². The minimum Gasteiger partial charge on any atom is -0.330 e. The molecular formula is C16H17ClFN. The van der Waals surface area contributed by atoms with Gasteiger partial charge in [0.2, 0.25) is 0 Å². The smallest absolute Gasteiger partial charge is 0.131 e. The van der Waals surface area contributed by atoms with Gasteiger partial charge in [0, 0.05) is 16.1 Å². The van der Waals surface area contributed by atoms with Crippen molar-refractivity contribution in [2.45, 2.75) is 19.3 Å². The summed E-state index contributed by atoms with van der Waals surface area (Å²) < 4.78 is 13.9. The van der Waals surface area contributed by atoms with Crippen molar-refractivity contribution >= 4 is 11.6 Å². The monoisotopic (exact) mass is 277 g/mol. The zero-order valence-electron chi connectivity index (χ0n) is 10.9. The third kappa shape index (κ3) is 3.14. The summed E-state index contributed by atoms with van der Waals surface area (Å²) in [4.78, 5) is 0. The molecule has 0 radical (unpaired) electrons. The van der Waals surface area contributed by atoms with Crippen LogP contribution < -0.4 is 5.73 Å². The van der Waals surface area contributed by atoms with E-state index in [0.717, 1.165) is 17.5 Å². The van der Waals surface area contributed by atoms with Gasteiger partial charge in [-0.2, -0.15) is 0 Å². The molecule has 1 nitrogen and oxygen atoms in total. The molecule has 2 N–H and O–H groups in total. The molecule has 2 rings (SSSR count). The molecule has 0 amide bonds.